The Hall–Kier alpha value is -2.97. The highest BCUT2D eigenvalue weighted by atomic mass is 19.4. The molecule has 1 heterocycles. The van der Waals surface area contributed by atoms with Gasteiger partial charge < -0.3 is 4.90 Å². The lowest BCUT2D eigenvalue weighted by atomic mass is 10.1. The molecule has 0 unspecified atom stereocenters. The van der Waals surface area contributed by atoms with Crippen molar-refractivity contribution in [3.63, 3.8) is 0 Å². The maximum absolute atomic E-state index is 12.8. The average molecular weight is 392 g/mol. The van der Waals surface area contributed by atoms with Crippen LogP contribution < -0.4 is 5.32 Å². The van der Waals surface area contributed by atoms with Crippen LogP contribution in [0.25, 0.3) is 0 Å². The van der Waals surface area contributed by atoms with Crippen LogP contribution in [0.15, 0.2) is 42.7 Å². The number of carbonyl (C=O) groups is 2. The zero-order chi connectivity index (χ0) is 20.3. The molecule has 1 aromatic heterocycles. The molecule has 1 aromatic carbocycles. The van der Waals surface area contributed by atoms with Crippen molar-refractivity contribution in [3.8, 4) is 0 Å². The Morgan fingerprint density at radius 1 is 1.18 bits per heavy atom. The third-order valence-corrected chi connectivity index (χ3v) is 4.63. The van der Waals surface area contributed by atoms with Gasteiger partial charge in [0.15, 0.2) is 0 Å². The molecule has 6 nitrogen and oxygen atoms in total. The van der Waals surface area contributed by atoms with Crippen LogP contribution in [0, 0.1) is 11.8 Å². The number of amides is 2. The van der Waals surface area contributed by atoms with E-state index in [9.17, 15) is 22.8 Å². The third kappa shape index (κ3) is 5.05. The van der Waals surface area contributed by atoms with Crippen LogP contribution in [0.4, 0.5) is 19.1 Å². The molecular weight excluding hydrogens is 373 g/mol. The number of halogens is 3. The Kier molecular flexibility index (Phi) is 5.62. The maximum Gasteiger partial charge on any atom is 0.416 e. The summed E-state index contributed by atoms with van der Waals surface area (Å²) in [4.78, 5) is 34.2. The van der Waals surface area contributed by atoms with Gasteiger partial charge in [-0.3, -0.25) is 14.9 Å². The van der Waals surface area contributed by atoms with E-state index in [1.54, 1.807) is 6.07 Å². The van der Waals surface area contributed by atoms with Crippen LogP contribution in [0.3, 0.4) is 0 Å². The molecule has 2 amide bonds. The van der Waals surface area contributed by atoms with Gasteiger partial charge in [-0.25, -0.2) is 9.97 Å². The number of nitrogens with zero attached hydrogens (tertiary/aromatic N) is 3. The largest absolute Gasteiger partial charge is 0.416 e. The van der Waals surface area contributed by atoms with Gasteiger partial charge in [0.25, 0.3) is 5.91 Å². The molecule has 0 saturated heterocycles. The van der Waals surface area contributed by atoms with Crippen molar-refractivity contribution in [2.24, 2.45) is 11.8 Å². The lowest BCUT2D eigenvalue weighted by Gasteiger charge is -2.22. The minimum Gasteiger partial charge on any atom is -0.329 e. The number of nitrogens with one attached hydrogen (secondary N) is 1. The standard InChI is InChI=1S/C19H19F3N4O2/c1-12-9-14(12)10-26(11-16(27)25-18-23-7-2-8-24-18)17(28)13-3-5-15(6-4-13)19(20,21)22/h2-8,12,14H,9-11H2,1H3,(H,23,24,25,27)/t12-,14-/m0/s1. The van der Waals surface area contributed by atoms with Gasteiger partial charge in [0.1, 0.15) is 6.54 Å². The summed E-state index contributed by atoms with van der Waals surface area (Å²) in [5.74, 6) is -0.117. The van der Waals surface area contributed by atoms with E-state index >= 15 is 0 Å². The first kappa shape index (κ1) is 19.8. The van der Waals surface area contributed by atoms with Gasteiger partial charge in [-0.2, -0.15) is 13.2 Å². The zero-order valence-electron chi connectivity index (χ0n) is 15.1. The van der Waals surface area contributed by atoms with E-state index in [1.807, 2.05) is 6.92 Å². The van der Waals surface area contributed by atoms with Gasteiger partial charge >= 0.3 is 6.18 Å². The van der Waals surface area contributed by atoms with E-state index in [0.717, 1.165) is 30.7 Å². The molecule has 2 aromatic rings. The minimum atomic E-state index is -4.47. The predicted molar refractivity (Wildman–Crippen MR) is 95.3 cm³/mol. The molecular formula is C19H19F3N4O2. The summed E-state index contributed by atoms with van der Waals surface area (Å²) < 4.78 is 38.2. The minimum absolute atomic E-state index is 0.102. The Labute approximate surface area is 159 Å². The topological polar surface area (TPSA) is 75.2 Å². The summed E-state index contributed by atoms with van der Waals surface area (Å²) in [5.41, 5.74) is -0.726. The van der Waals surface area contributed by atoms with E-state index < -0.39 is 23.6 Å². The van der Waals surface area contributed by atoms with Crippen molar-refractivity contribution in [1.29, 1.82) is 0 Å². The highest BCUT2D eigenvalue weighted by Crippen LogP contribution is 2.38. The lowest BCUT2D eigenvalue weighted by molar-refractivity contribution is -0.137. The van der Waals surface area contributed by atoms with E-state index in [-0.39, 0.29) is 24.0 Å². The highest BCUT2D eigenvalue weighted by molar-refractivity contribution is 5.98. The van der Waals surface area contributed by atoms with Gasteiger partial charge in [0.2, 0.25) is 11.9 Å². The molecule has 0 radical (unpaired) electrons. The fraction of sp³-hybridized carbons (Fsp3) is 0.368. The van der Waals surface area contributed by atoms with E-state index in [2.05, 4.69) is 15.3 Å². The van der Waals surface area contributed by atoms with E-state index in [4.69, 9.17) is 0 Å². The summed E-state index contributed by atoms with van der Waals surface area (Å²) >= 11 is 0. The van der Waals surface area contributed by atoms with Crippen molar-refractivity contribution in [2.45, 2.75) is 19.5 Å². The van der Waals surface area contributed by atoms with E-state index in [1.165, 1.54) is 17.3 Å². The summed E-state index contributed by atoms with van der Waals surface area (Å²) in [6.45, 7) is 2.18. The first-order valence-electron chi connectivity index (χ1n) is 8.77. The average Bonchev–Trinajstić information content (AvgIpc) is 3.35. The number of aromatic nitrogens is 2. The number of anilines is 1. The van der Waals surface area contributed by atoms with Crippen LogP contribution in [-0.4, -0.2) is 39.8 Å². The lowest BCUT2D eigenvalue weighted by Crippen LogP contribution is -2.39. The van der Waals surface area contributed by atoms with Crippen molar-refractivity contribution in [1.82, 2.24) is 14.9 Å². The zero-order valence-corrected chi connectivity index (χ0v) is 15.1. The van der Waals surface area contributed by atoms with Crippen molar-refractivity contribution >= 4 is 17.8 Å². The molecule has 28 heavy (non-hydrogen) atoms. The molecule has 1 fully saturated rings. The van der Waals surface area contributed by atoms with Crippen LogP contribution in [0.1, 0.15) is 29.3 Å². The van der Waals surface area contributed by atoms with Crippen LogP contribution in [-0.2, 0) is 11.0 Å². The molecule has 148 valence electrons. The summed E-state index contributed by atoms with van der Waals surface area (Å²) in [5, 5.41) is 2.51. The normalized spacial score (nSPS) is 18.4. The van der Waals surface area contributed by atoms with Crippen molar-refractivity contribution in [2.75, 3.05) is 18.4 Å². The third-order valence-electron chi connectivity index (χ3n) is 4.63. The SMILES string of the molecule is C[C@H]1C[C@H]1CN(CC(=O)Nc1ncccn1)C(=O)c1ccc(C(F)(F)F)cc1. The molecule has 0 spiro atoms. The van der Waals surface area contributed by atoms with Gasteiger partial charge in [-0.15, -0.1) is 0 Å². The number of alkyl halides is 3. The second-order valence-corrected chi connectivity index (χ2v) is 6.85. The number of hydrogen-bond acceptors (Lipinski definition) is 4. The smallest absolute Gasteiger partial charge is 0.329 e. The molecule has 9 heteroatoms. The fourth-order valence-electron chi connectivity index (χ4n) is 2.84. The maximum atomic E-state index is 12.8. The monoisotopic (exact) mass is 392 g/mol. The molecule has 3 rings (SSSR count). The number of hydrogen-bond donors (Lipinski definition) is 1. The molecule has 1 aliphatic carbocycles. The molecule has 1 aliphatic rings. The van der Waals surface area contributed by atoms with Gasteiger partial charge in [0, 0.05) is 24.5 Å². The second-order valence-electron chi connectivity index (χ2n) is 6.85. The Morgan fingerprint density at radius 2 is 1.79 bits per heavy atom. The second kappa shape index (κ2) is 7.95. The molecule has 1 N–H and O–H groups in total. The first-order valence-corrected chi connectivity index (χ1v) is 8.77. The first-order chi connectivity index (χ1) is 13.2. The molecule has 0 aliphatic heterocycles. The Bertz CT molecular complexity index is 841. The van der Waals surface area contributed by atoms with Gasteiger partial charge in [-0.1, -0.05) is 6.92 Å². The van der Waals surface area contributed by atoms with Crippen LogP contribution in [0.2, 0.25) is 0 Å². The van der Waals surface area contributed by atoms with Crippen LogP contribution in [0.5, 0.6) is 0 Å². The number of benzene rings is 1. The molecule has 2 atom stereocenters. The van der Waals surface area contributed by atoms with Gasteiger partial charge in [0.05, 0.1) is 5.56 Å². The van der Waals surface area contributed by atoms with Gasteiger partial charge in [-0.05, 0) is 48.6 Å². The molecule has 1 saturated carbocycles. The number of carbonyl (C=O) groups excluding carboxylic acids is 2. The van der Waals surface area contributed by atoms with Crippen LogP contribution >= 0.6 is 0 Å². The fourth-order valence-corrected chi connectivity index (χ4v) is 2.84. The van der Waals surface area contributed by atoms with E-state index in [0.29, 0.717) is 12.5 Å². The predicted octanol–water partition coefficient (Wildman–Crippen LogP) is 3.23. The quantitative estimate of drug-likeness (QED) is 0.819. The van der Waals surface area contributed by atoms with Crippen molar-refractivity contribution < 1.29 is 22.8 Å². The Morgan fingerprint density at radius 3 is 2.32 bits per heavy atom. The van der Waals surface area contributed by atoms with Crippen molar-refractivity contribution in [3.05, 3.63) is 53.9 Å². The number of rotatable bonds is 6. The summed E-state index contributed by atoms with van der Waals surface area (Å²) in [6, 6.07) is 5.59. The summed E-state index contributed by atoms with van der Waals surface area (Å²) in [6.07, 6.45) is -0.584. The molecule has 0 bridgehead atoms. The Balaban J connectivity index is 1.71. The summed E-state index contributed by atoms with van der Waals surface area (Å²) in [7, 11) is 0. The highest BCUT2D eigenvalue weighted by Gasteiger charge is 2.36.